The first-order valence-corrected chi connectivity index (χ1v) is 13.6. The molecular formula is C28H38N4O4. The molecule has 1 aromatic heterocycles. The average molecular weight is 495 g/mol. The molecule has 3 aliphatic rings. The van der Waals surface area contributed by atoms with Crippen molar-refractivity contribution in [2.75, 3.05) is 26.2 Å². The van der Waals surface area contributed by atoms with Crippen LogP contribution in [0, 0.1) is 5.92 Å². The Morgan fingerprint density at radius 3 is 2.56 bits per heavy atom. The van der Waals surface area contributed by atoms with Crippen molar-refractivity contribution < 1.29 is 19.2 Å². The fourth-order valence-corrected chi connectivity index (χ4v) is 5.63. The van der Waals surface area contributed by atoms with Crippen molar-refractivity contribution in [1.29, 1.82) is 0 Å². The van der Waals surface area contributed by atoms with Crippen LogP contribution in [-0.4, -0.2) is 59.3 Å². The van der Waals surface area contributed by atoms with Gasteiger partial charge in [-0.3, -0.25) is 9.59 Å². The van der Waals surface area contributed by atoms with Gasteiger partial charge in [0.05, 0.1) is 12.1 Å². The van der Waals surface area contributed by atoms with Crippen molar-refractivity contribution in [3.05, 3.63) is 52.9 Å². The normalized spacial score (nSPS) is 20.7. The largest absolute Gasteiger partial charge is 0.390 e. The molecule has 5 rings (SSSR count). The molecule has 3 N–H and O–H groups in total. The van der Waals surface area contributed by atoms with Crippen LogP contribution in [0.5, 0.6) is 0 Å². The Bertz CT molecular complexity index is 1040. The summed E-state index contributed by atoms with van der Waals surface area (Å²) in [5.41, 5.74) is 1.78. The van der Waals surface area contributed by atoms with Crippen LogP contribution in [0.25, 0.3) is 0 Å². The van der Waals surface area contributed by atoms with Gasteiger partial charge in [0.1, 0.15) is 5.76 Å². The van der Waals surface area contributed by atoms with Crippen LogP contribution in [0.15, 0.2) is 34.9 Å². The lowest BCUT2D eigenvalue weighted by Crippen LogP contribution is -2.39. The number of rotatable bonds is 10. The maximum Gasteiger partial charge on any atom is 0.273 e. The topological polar surface area (TPSA) is 108 Å². The number of β-amino-alcohol motifs (C(OH)–C–C–N with tert-alkyl or cyclic N) is 1. The van der Waals surface area contributed by atoms with E-state index in [0.29, 0.717) is 29.6 Å². The minimum Gasteiger partial charge on any atom is -0.390 e. The molecule has 3 fully saturated rings. The van der Waals surface area contributed by atoms with E-state index in [2.05, 4.69) is 20.7 Å². The number of likely N-dealkylation sites (tertiary alicyclic amines) is 1. The summed E-state index contributed by atoms with van der Waals surface area (Å²) < 4.78 is 5.39. The molecule has 0 spiro atoms. The van der Waals surface area contributed by atoms with Crippen LogP contribution < -0.4 is 10.6 Å². The van der Waals surface area contributed by atoms with Gasteiger partial charge in [-0.15, -0.1) is 0 Å². The van der Waals surface area contributed by atoms with Crippen molar-refractivity contribution in [1.82, 2.24) is 20.7 Å². The number of aliphatic hydroxyl groups is 1. The third-order valence-corrected chi connectivity index (χ3v) is 7.82. The molecule has 2 atom stereocenters. The fraction of sp³-hybridized carbons (Fsp3) is 0.607. The Balaban J connectivity index is 1.25. The van der Waals surface area contributed by atoms with Gasteiger partial charge in [-0.2, -0.15) is 0 Å². The Morgan fingerprint density at radius 2 is 1.81 bits per heavy atom. The third-order valence-electron chi connectivity index (χ3n) is 7.82. The number of benzene rings is 1. The standard InChI is InChI=1S/C28H38N4O4/c33-23(18-32-13-4-5-14-32)17-29-27(34)22-10-6-9-21(15-22)26(20-7-2-1-3-8-20)30-28(35)24-16-25(36-31-24)19-11-12-19/h6,9-10,15-16,19-20,23,26,33H,1-5,7-8,11-14,17-18H2,(H,29,34)(H,30,35). The molecule has 0 bridgehead atoms. The highest BCUT2D eigenvalue weighted by molar-refractivity contribution is 5.95. The predicted octanol–water partition coefficient (Wildman–Crippen LogP) is 3.79. The number of amides is 2. The summed E-state index contributed by atoms with van der Waals surface area (Å²) in [4.78, 5) is 28.3. The number of carbonyl (C=O) groups excluding carboxylic acids is 2. The Morgan fingerprint density at radius 1 is 1.03 bits per heavy atom. The minimum atomic E-state index is -0.590. The molecular weight excluding hydrogens is 456 g/mol. The molecule has 1 aliphatic heterocycles. The van der Waals surface area contributed by atoms with E-state index in [4.69, 9.17) is 4.52 Å². The molecule has 1 saturated heterocycles. The zero-order chi connectivity index (χ0) is 24.9. The number of nitrogens with one attached hydrogen (secondary N) is 2. The van der Waals surface area contributed by atoms with E-state index < -0.39 is 6.10 Å². The average Bonchev–Trinajstić information content (AvgIpc) is 3.40. The first-order chi connectivity index (χ1) is 17.6. The highest BCUT2D eigenvalue weighted by Gasteiger charge is 2.31. The Labute approximate surface area is 212 Å². The lowest BCUT2D eigenvalue weighted by Gasteiger charge is -2.31. The van der Waals surface area contributed by atoms with E-state index in [1.165, 1.54) is 19.3 Å². The van der Waals surface area contributed by atoms with Crippen LogP contribution >= 0.6 is 0 Å². The molecule has 36 heavy (non-hydrogen) atoms. The molecule has 2 heterocycles. The summed E-state index contributed by atoms with van der Waals surface area (Å²) in [6.45, 7) is 2.83. The number of hydrogen-bond donors (Lipinski definition) is 3. The molecule has 2 saturated carbocycles. The lowest BCUT2D eigenvalue weighted by atomic mass is 9.80. The number of aromatic nitrogens is 1. The van der Waals surface area contributed by atoms with Crippen LogP contribution in [0.3, 0.4) is 0 Å². The van der Waals surface area contributed by atoms with Gasteiger partial charge in [-0.25, -0.2) is 0 Å². The second-order valence-electron chi connectivity index (χ2n) is 10.7. The van der Waals surface area contributed by atoms with E-state index in [9.17, 15) is 14.7 Å². The van der Waals surface area contributed by atoms with Crippen molar-refractivity contribution in [2.24, 2.45) is 5.92 Å². The highest BCUT2D eigenvalue weighted by atomic mass is 16.5. The first-order valence-electron chi connectivity index (χ1n) is 13.6. The van der Waals surface area contributed by atoms with Crippen molar-refractivity contribution >= 4 is 11.8 Å². The van der Waals surface area contributed by atoms with Gasteiger partial charge in [0, 0.05) is 30.6 Å². The predicted molar refractivity (Wildman–Crippen MR) is 136 cm³/mol. The maximum atomic E-state index is 13.1. The Kier molecular flexibility index (Phi) is 8.02. The molecule has 0 radical (unpaired) electrons. The van der Waals surface area contributed by atoms with Crippen molar-refractivity contribution in [3.8, 4) is 0 Å². The summed E-state index contributed by atoms with van der Waals surface area (Å²) in [7, 11) is 0. The van der Waals surface area contributed by atoms with Gasteiger partial charge in [0.15, 0.2) is 5.69 Å². The van der Waals surface area contributed by atoms with Crippen molar-refractivity contribution in [2.45, 2.75) is 75.9 Å². The summed E-state index contributed by atoms with van der Waals surface area (Å²) in [5, 5.41) is 20.5. The van der Waals surface area contributed by atoms with Crippen LogP contribution in [0.1, 0.15) is 102 Å². The van der Waals surface area contributed by atoms with Gasteiger partial charge in [-0.1, -0.05) is 36.6 Å². The quantitative estimate of drug-likeness (QED) is 0.464. The van der Waals surface area contributed by atoms with Gasteiger partial charge in [-0.05, 0) is 75.2 Å². The monoisotopic (exact) mass is 494 g/mol. The molecule has 2 aromatic rings. The molecule has 2 aliphatic carbocycles. The zero-order valence-electron chi connectivity index (χ0n) is 21.0. The molecule has 2 unspecified atom stereocenters. The summed E-state index contributed by atoms with van der Waals surface area (Å²) in [5.74, 6) is 1.05. The fourth-order valence-electron chi connectivity index (χ4n) is 5.63. The SMILES string of the molecule is O=C(NCC(O)CN1CCCC1)c1cccc(C(NC(=O)c2cc(C3CC3)on2)C2CCCCC2)c1. The molecule has 8 heteroatoms. The summed E-state index contributed by atoms with van der Waals surface area (Å²) >= 11 is 0. The first kappa shape index (κ1) is 25.0. The number of nitrogens with zero attached hydrogens (tertiary/aromatic N) is 2. The van der Waals surface area contributed by atoms with Crippen LogP contribution in [0.4, 0.5) is 0 Å². The van der Waals surface area contributed by atoms with Gasteiger partial charge in [0.2, 0.25) is 0 Å². The van der Waals surface area contributed by atoms with E-state index in [-0.39, 0.29) is 24.4 Å². The molecule has 194 valence electrons. The Hall–Kier alpha value is -2.71. The van der Waals surface area contributed by atoms with Crippen LogP contribution in [-0.2, 0) is 0 Å². The van der Waals surface area contributed by atoms with E-state index in [1.54, 1.807) is 12.1 Å². The highest BCUT2D eigenvalue weighted by Crippen LogP contribution is 2.40. The number of carbonyl (C=O) groups is 2. The maximum absolute atomic E-state index is 13.1. The second kappa shape index (κ2) is 11.6. The van der Waals surface area contributed by atoms with Gasteiger partial charge in [0.25, 0.3) is 11.8 Å². The lowest BCUT2D eigenvalue weighted by molar-refractivity contribution is 0.0879. The van der Waals surface area contributed by atoms with Gasteiger partial charge >= 0.3 is 0 Å². The van der Waals surface area contributed by atoms with Gasteiger partial charge < -0.3 is 25.2 Å². The summed E-state index contributed by atoms with van der Waals surface area (Å²) in [6, 6.07) is 9.07. The number of aliphatic hydroxyl groups excluding tert-OH is 1. The zero-order valence-corrected chi connectivity index (χ0v) is 21.0. The van der Waals surface area contributed by atoms with E-state index >= 15 is 0 Å². The molecule has 2 amide bonds. The second-order valence-corrected chi connectivity index (χ2v) is 10.7. The minimum absolute atomic E-state index is 0.201. The number of hydrogen-bond acceptors (Lipinski definition) is 6. The molecule has 1 aromatic carbocycles. The van der Waals surface area contributed by atoms with E-state index in [0.717, 1.165) is 62.9 Å². The summed E-state index contributed by atoms with van der Waals surface area (Å²) in [6.07, 6.45) is 9.50. The smallest absolute Gasteiger partial charge is 0.273 e. The van der Waals surface area contributed by atoms with Crippen molar-refractivity contribution in [3.63, 3.8) is 0 Å². The third kappa shape index (κ3) is 6.34. The van der Waals surface area contributed by atoms with Crippen LogP contribution in [0.2, 0.25) is 0 Å². The molecule has 8 nitrogen and oxygen atoms in total. The van der Waals surface area contributed by atoms with E-state index in [1.807, 2.05) is 18.2 Å².